The van der Waals surface area contributed by atoms with E-state index in [1.807, 2.05) is 42.3 Å². The van der Waals surface area contributed by atoms with Crippen molar-refractivity contribution in [3.8, 4) is 0 Å². The fourth-order valence-electron chi connectivity index (χ4n) is 4.87. The molecule has 1 aromatic carbocycles. The van der Waals surface area contributed by atoms with E-state index in [2.05, 4.69) is 10.4 Å². The summed E-state index contributed by atoms with van der Waals surface area (Å²) in [5.74, 6) is 0.158. The number of hydrogen-bond donors (Lipinski definition) is 1. The highest BCUT2D eigenvalue weighted by Gasteiger charge is 2.45. The molecular weight excluding hydrogens is 400 g/mol. The van der Waals surface area contributed by atoms with Gasteiger partial charge in [0.25, 0.3) is 0 Å². The molecule has 1 N–H and O–H groups in total. The number of anilines is 1. The monoisotopic (exact) mass is 428 g/mol. The van der Waals surface area contributed by atoms with Crippen LogP contribution in [-0.4, -0.2) is 39.6 Å². The van der Waals surface area contributed by atoms with Crippen LogP contribution < -0.4 is 5.32 Å². The molecule has 0 bridgehead atoms. The summed E-state index contributed by atoms with van der Waals surface area (Å²) >= 11 is 6.07. The van der Waals surface area contributed by atoms with Gasteiger partial charge in [-0.2, -0.15) is 5.10 Å². The average Bonchev–Trinajstić information content (AvgIpc) is 3.44. The van der Waals surface area contributed by atoms with E-state index < -0.39 is 5.41 Å². The molecule has 1 aliphatic carbocycles. The molecule has 0 atom stereocenters. The van der Waals surface area contributed by atoms with Gasteiger partial charge in [-0.15, -0.1) is 0 Å². The smallest absolute Gasteiger partial charge is 0.233 e. The number of rotatable bonds is 5. The van der Waals surface area contributed by atoms with Gasteiger partial charge in [-0.05, 0) is 50.3 Å². The van der Waals surface area contributed by atoms with Crippen LogP contribution in [0.2, 0.25) is 5.02 Å². The first-order chi connectivity index (χ1) is 14.5. The van der Waals surface area contributed by atoms with Crippen molar-refractivity contribution in [2.45, 2.75) is 57.4 Å². The predicted octanol–water partition coefficient (Wildman–Crippen LogP) is 4.25. The molecule has 2 aromatic rings. The van der Waals surface area contributed by atoms with E-state index in [1.165, 1.54) is 0 Å². The molecule has 30 heavy (non-hydrogen) atoms. The second-order valence-corrected chi connectivity index (χ2v) is 8.87. The van der Waals surface area contributed by atoms with Crippen LogP contribution in [0.25, 0.3) is 0 Å². The van der Waals surface area contributed by atoms with Crippen LogP contribution >= 0.6 is 11.6 Å². The van der Waals surface area contributed by atoms with Gasteiger partial charge in [0.05, 0.1) is 17.3 Å². The maximum Gasteiger partial charge on any atom is 0.233 e. The highest BCUT2D eigenvalue weighted by Crippen LogP contribution is 2.43. The number of nitrogens with zero attached hydrogens (tertiary/aromatic N) is 3. The van der Waals surface area contributed by atoms with E-state index in [1.54, 1.807) is 10.9 Å². The predicted molar refractivity (Wildman–Crippen MR) is 117 cm³/mol. The molecule has 2 heterocycles. The van der Waals surface area contributed by atoms with Crippen molar-refractivity contribution >= 4 is 29.1 Å². The van der Waals surface area contributed by atoms with Gasteiger partial charge in [-0.25, -0.2) is 0 Å². The Labute approximate surface area is 182 Å². The van der Waals surface area contributed by atoms with Crippen molar-refractivity contribution < 1.29 is 9.59 Å². The molecule has 0 spiro atoms. The highest BCUT2D eigenvalue weighted by atomic mass is 35.5. The minimum Gasteiger partial charge on any atom is -0.342 e. The van der Waals surface area contributed by atoms with Gasteiger partial charge in [-0.1, -0.05) is 36.6 Å². The number of carbonyl (C=O) groups is 2. The van der Waals surface area contributed by atoms with Gasteiger partial charge in [0.2, 0.25) is 11.8 Å². The van der Waals surface area contributed by atoms with Crippen LogP contribution in [0, 0.1) is 5.92 Å². The molecule has 6 nitrogen and oxygen atoms in total. The fraction of sp³-hybridized carbons (Fsp3) is 0.522. The molecule has 4 rings (SSSR count). The zero-order chi connectivity index (χ0) is 21.1. The normalized spacial score (nSPS) is 19.1. The molecule has 0 radical (unpaired) electrons. The zero-order valence-electron chi connectivity index (χ0n) is 17.4. The number of halogens is 1. The van der Waals surface area contributed by atoms with Crippen molar-refractivity contribution in [2.24, 2.45) is 5.92 Å². The van der Waals surface area contributed by atoms with E-state index >= 15 is 0 Å². The minimum atomic E-state index is -0.436. The van der Waals surface area contributed by atoms with Crippen molar-refractivity contribution in [3.63, 3.8) is 0 Å². The molecule has 1 saturated carbocycles. The number of nitrogens with one attached hydrogen (secondary N) is 1. The summed E-state index contributed by atoms with van der Waals surface area (Å²) in [6.07, 6.45) is 8.80. The van der Waals surface area contributed by atoms with Crippen molar-refractivity contribution in [1.29, 1.82) is 0 Å². The lowest BCUT2D eigenvalue weighted by molar-refractivity contribution is -0.140. The van der Waals surface area contributed by atoms with Gasteiger partial charge in [-0.3, -0.25) is 14.3 Å². The Kier molecular flexibility index (Phi) is 6.14. The van der Waals surface area contributed by atoms with Gasteiger partial charge in [0.15, 0.2) is 0 Å². The Hall–Kier alpha value is -2.34. The van der Waals surface area contributed by atoms with E-state index in [0.717, 1.165) is 43.5 Å². The largest absolute Gasteiger partial charge is 0.342 e. The van der Waals surface area contributed by atoms with Gasteiger partial charge in [0, 0.05) is 36.8 Å². The number of likely N-dealkylation sites (tertiary alicyclic amines) is 1. The third kappa shape index (κ3) is 4.10. The van der Waals surface area contributed by atoms with E-state index in [4.69, 9.17) is 11.6 Å². The summed E-state index contributed by atoms with van der Waals surface area (Å²) in [7, 11) is 0. The highest BCUT2D eigenvalue weighted by molar-refractivity contribution is 6.30. The Morgan fingerprint density at radius 1 is 1.17 bits per heavy atom. The van der Waals surface area contributed by atoms with Crippen LogP contribution in [0.3, 0.4) is 0 Å². The maximum absolute atomic E-state index is 13.6. The molecule has 2 amide bonds. The first-order valence-electron chi connectivity index (χ1n) is 10.9. The number of aromatic nitrogens is 2. The van der Waals surface area contributed by atoms with E-state index in [-0.39, 0.29) is 17.7 Å². The van der Waals surface area contributed by atoms with Crippen LogP contribution in [-0.2, 0) is 21.5 Å². The fourth-order valence-corrected chi connectivity index (χ4v) is 4.99. The lowest BCUT2D eigenvalue weighted by Gasteiger charge is -2.38. The van der Waals surface area contributed by atoms with Gasteiger partial charge in [0.1, 0.15) is 0 Å². The second kappa shape index (κ2) is 8.80. The first-order valence-corrected chi connectivity index (χ1v) is 11.3. The number of piperidine rings is 1. The summed E-state index contributed by atoms with van der Waals surface area (Å²) in [5, 5.41) is 7.85. The SMILES string of the molecule is CCn1cc(NC(=O)C2CCN(C(=O)C3(c4ccc(Cl)cc4)CCCC3)CC2)cn1. The van der Waals surface area contributed by atoms with Crippen LogP contribution in [0.5, 0.6) is 0 Å². The molecule has 2 aliphatic rings. The Morgan fingerprint density at radius 3 is 2.43 bits per heavy atom. The third-order valence-corrected chi connectivity index (χ3v) is 6.89. The molecule has 160 valence electrons. The molecule has 0 unspecified atom stereocenters. The quantitative estimate of drug-likeness (QED) is 0.774. The molecule has 1 saturated heterocycles. The van der Waals surface area contributed by atoms with Gasteiger partial charge < -0.3 is 10.2 Å². The molecule has 1 aliphatic heterocycles. The lowest BCUT2D eigenvalue weighted by atomic mass is 9.77. The zero-order valence-corrected chi connectivity index (χ0v) is 18.2. The lowest BCUT2D eigenvalue weighted by Crippen LogP contribution is -2.49. The first kappa shape index (κ1) is 20.9. The summed E-state index contributed by atoms with van der Waals surface area (Å²) in [6.45, 7) is 4.03. The van der Waals surface area contributed by atoms with Crippen LogP contribution in [0.4, 0.5) is 5.69 Å². The maximum atomic E-state index is 13.6. The topological polar surface area (TPSA) is 67.2 Å². The summed E-state index contributed by atoms with van der Waals surface area (Å²) in [5.41, 5.74) is 1.37. The summed E-state index contributed by atoms with van der Waals surface area (Å²) in [6, 6.07) is 7.76. The number of aryl methyl sites for hydroxylation is 1. The Morgan fingerprint density at radius 2 is 1.83 bits per heavy atom. The molecule has 2 fully saturated rings. The van der Waals surface area contributed by atoms with E-state index in [0.29, 0.717) is 31.0 Å². The van der Waals surface area contributed by atoms with Crippen LogP contribution in [0.1, 0.15) is 51.0 Å². The minimum absolute atomic E-state index is 0.0195. The van der Waals surface area contributed by atoms with Crippen LogP contribution in [0.15, 0.2) is 36.7 Å². The van der Waals surface area contributed by atoms with Gasteiger partial charge >= 0.3 is 0 Å². The number of hydrogen-bond acceptors (Lipinski definition) is 3. The standard InChI is InChI=1S/C23H29ClN4O2/c1-2-28-16-20(15-25-28)26-21(29)17-9-13-27(14-10-17)22(30)23(11-3-4-12-23)18-5-7-19(24)8-6-18/h5-8,15-17H,2-4,9-14H2,1H3,(H,26,29). The number of carbonyl (C=O) groups excluding carboxylic acids is 2. The molecule has 7 heteroatoms. The Balaban J connectivity index is 1.39. The summed E-state index contributed by atoms with van der Waals surface area (Å²) < 4.78 is 1.79. The number of benzene rings is 1. The average molecular weight is 429 g/mol. The third-order valence-electron chi connectivity index (χ3n) is 6.64. The van der Waals surface area contributed by atoms with E-state index in [9.17, 15) is 9.59 Å². The van der Waals surface area contributed by atoms with Crippen molar-refractivity contribution in [1.82, 2.24) is 14.7 Å². The van der Waals surface area contributed by atoms with Crippen molar-refractivity contribution in [2.75, 3.05) is 18.4 Å². The Bertz CT molecular complexity index is 894. The molecular formula is C23H29ClN4O2. The summed E-state index contributed by atoms with van der Waals surface area (Å²) in [4.78, 5) is 28.2. The van der Waals surface area contributed by atoms with Crippen molar-refractivity contribution in [3.05, 3.63) is 47.2 Å². The molecule has 1 aromatic heterocycles. The number of amides is 2. The second-order valence-electron chi connectivity index (χ2n) is 8.44.